The van der Waals surface area contributed by atoms with Crippen molar-refractivity contribution in [3.8, 4) is 0 Å². The van der Waals surface area contributed by atoms with Crippen LogP contribution < -0.4 is 0 Å². The van der Waals surface area contributed by atoms with Crippen LogP contribution in [0, 0.1) is 39.4 Å². The lowest BCUT2D eigenvalue weighted by Crippen LogP contribution is -2.74. The summed E-state index contributed by atoms with van der Waals surface area (Å²) in [7, 11) is -15.8. The molecule has 0 radical (unpaired) electrons. The van der Waals surface area contributed by atoms with Crippen LogP contribution in [-0.2, 0) is 29.7 Å². The zero-order valence-electron chi connectivity index (χ0n) is 40.5. The van der Waals surface area contributed by atoms with Crippen LogP contribution >= 0.6 is 0 Å². The first-order chi connectivity index (χ1) is 31.7. The maximum absolute atomic E-state index is 17.9. The molecule has 0 aromatic carbocycles. The van der Waals surface area contributed by atoms with Crippen molar-refractivity contribution in [2.24, 2.45) is 39.4 Å². The Bertz CT molecular complexity index is 2220. The highest BCUT2D eigenvalue weighted by Crippen LogP contribution is 2.72. The molecule has 0 aromatic heterocycles. The van der Waals surface area contributed by atoms with Crippen LogP contribution in [-0.4, -0.2) is 108 Å². The smallest absolute Gasteiger partial charge is 0.281 e. The van der Waals surface area contributed by atoms with Crippen molar-refractivity contribution < 1.29 is 150 Å². The molecule has 6 atom stereocenters. The molecule has 0 aliphatic rings. The van der Waals surface area contributed by atoms with Gasteiger partial charge in [-0.25, -0.2) is 17.6 Å². The summed E-state index contributed by atoms with van der Waals surface area (Å²) >= 11 is 0. The fourth-order valence-corrected chi connectivity index (χ4v) is 9.42. The van der Waals surface area contributed by atoms with Gasteiger partial charge in [0, 0.05) is 46.3 Å². The SMILES string of the molecule is CCC(C)(C(C)C(F)(F)C(F)(F)C(CC)(CC)C(C)C(F)(F)C(F)(OC(F)(F)C(F)(F)S(=O)(=O)O)C(C)(CC)C(C)(C)C(F)(F)C(C)(F)F)C(F)(OC(F)(F)C(F)(F)C(F)(F)C(F)(F)S(=O)(=O)O)C(F)(F)C(C)C. The number of alkyl halides is 26. The first kappa shape index (κ1) is 71.9. The van der Waals surface area contributed by atoms with Crippen molar-refractivity contribution >= 4 is 20.2 Å². The predicted molar refractivity (Wildman–Crippen MR) is 205 cm³/mol. The lowest BCUT2D eigenvalue weighted by Gasteiger charge is -2.60. The minimum Gasteiger partial charge on any atom is -0.281 e. The fraction of sp³-hybridized carbons (Fsp3) is 1.00. The Morgan fingerprint density at radius 1 is 0.405 bits per heavy atom. The molecule has 0 bridgehead atoms. The Balaban J connectivity index is 9.17. The van der Waals surface area contributed by atoms with Crippen molar-refractivity contribution in [1.29, 1.82) is 0 Å². The molecule has 6 unspecified atom stereocenters. The third-order valence-corrected chi connectivity index (χ3v) is 16.8. The zero-order chi connectivity index (χ0) is 61.0. The third kappa shape index (κ3) is 9.51. The second-order valence-electron chi connectivity index (χ2n) is 19.0. The van der Waals surface area contributed by atoms with Crippen LogP contribution in [0.4, 0.5) is 114 Å². The number of ether oxygens (including phenoxy) is 2. The van der Waals surface area contributed by atoms with E-state index in [1.54, 1.807) is 0 Å². The van der Waals surface area contributed by atoms with Crippen molar-refractivity contribution in [1.82, 2.24) is 0 Å². The van der Waals surface area contributed by atoms with Crippen molar-refractivity contribution in [3.63, 3.8) is 0 Å². The van der Waals surface area contributed by atoms with Gasteiger partial charge in [0.05, 0.1) is 0 Å². The molecule has 36 heteroatoms. The van der Waals surface area contributed by atoms with Gasteiger partial charge in [0.2, 0.25) is 0 Å². The Hall–Kier alpha value is -2.08. The summed E-state index contributed by atoms with van der Waals surface area (Å²) in [4.78, 5) is 0. The molecular weight excluding hydrogens is 1140 g/mol. The number of rotatable bonds is 28. The summed E-state index contributed by atoms with van der Waals surface area (Å²) < 4.78 is 476. The van der Waals surface area contributed by atoms with Crippen molar-refractivity contribution in [2.45, 2.75) is 198 Å². The van der Waals surface area contributed by atoms with Gasteiger partial charge in [0.15, 0.2) is 0 Å². The van der Waals surface area contributed by atoms with Gasteiger partial charge in [-0.15, -0.1) is 0 Å². The van der Waals surface area contributed by atoms with E-state index in [0.29, 0.717) is 0 Å². The zero-order valence-corrected chi connectivity index (χ0v) is 42.2. The van der Waals surface area contributed by atoms with E-state index in [2.05, 4.69) is 9.47 Å². The van der Waals surface area contributed by atoms with Crippen LogP contribution in [0.1, 0.15) is 116 Å². The van der Waals surface area contributed by atoms with E-state index in [4.69, 9.17) is 9.11 Å². The van der Waals surface area contributed by atoms with E-state index >= 15 is 70.2 Å². The van der Waals surface area contributed by atoms with Gasteiger partial charge in [0.1, 0.15) is 0 Å². The van der Waals surface area contributed by atoms with E-state index in [9.17, 15) is 60.7 Å². The predicted octanol–water partition coefficient (Wildman–Crippen LogP) is 15.2. The summed E-state index contributed by atoms with van der Waals surface area (Å²) in [6.07, 6.45) is -24.6. The first-order valence-corrected chi connectivity index (χ1v) is 23.8. The molecule has 446 valence electrons. The molecule has 0 aliphatic heterocycles. The fourth-order valence-electron chi connectivity index (χ4n) is 8.63. The maximum Gasteiger partial charge on any atom is 0.460 e. The molecule has 0 fully saturated rings. The molecule has 8 nitrogen and oxygen atoms in total. The summed E-state index contributed by atoms with van der Waals surface area (Å²) in [5.74, 6) is -81.7. The Kier molecular flexibility index (Phi) is 19.1. The van der Waals surface area contributed by atoms with Gasteiger partial charge in [-0.2, -0.15) is 113 Å². The molecule has 2 N–H and O–H groups in total. The van der Waals surface area contributed by atoms with E-state index in [0.717, 1.165) is 0 Å². The lowest BCUT2D eigenvalue weighted by atomic mass is 9.52. The van der Waals surface area contributed by atoms with Gasteiger partial charge < -0.3 is 0 Å². The second-order valence-corrected chi connectivity index (χ2v) is 21.9. The van der Waals surface area contributed by atoms with Crippen LogP contribution in [0.15, 0.2) is 0 Å². The van der Waals surface area contributed by atoms with E-state index in [1.165, 1.54) is 0 Å². The van der Waals surface area contributed by atoms with Crippen LogP contribution in [0.3, 0.4) is 0 Å². The highest BCUT2D eigenvalue weighted by molar-refractivity contribution is 7.87. The molecule has 0 rings (SSSR count). The summed E-state index contributed by atoms with van der Waals surface area (Å²) in [5.41, 5.74) is -19.3. The van der Waals surface area contributed by atoms with Gasteiger partial charge in [-0.05, 0) is 25.7 Å². The van der Waals surface area contributed by atoms with Crippen LogP contribution in [0.5, 0.6) is 0 Å². The Morgan fingerprint density at radius 2 is 0.757 bits per heavy atom. The molecular formula is C38H52F26O8S2. The standard InChI is InChI=1S/C38H52F26O8S2/c1-14-22(11,33(55,26(41,42)18(5)6)71-35(57,58)31(51,52)32(53,54)37(61,62)73(65,66)67)19(7)27(43,44)30(49,50)25(16-3,17-4)20(8)28(45,46)34(56,72-36(59,60)38(63,64)74(68,69)70)23(12,15-2)21(9,10)29(47,48)24(13,39)40/h18-20H,14-17H2,1-13H3,(H,65,66,67)(H,68,69,70). The van der Waals surface area contributed by atoms with Crippen LogP contribution in [0.2, 0.25) is 0 Å². The van der Waals surface area contributed by atoms with Crippen molar-refractivity contribution in [3.05, 3.63) is 0 Å². The average Bonchev–Trinajstić information content (AvgIpc) is 3.20. The number of hydrogen-bond donors (Lipinski definition) is 2. The van der Waals surface area contributed by atoms with E-state index in [1.807, 2.05) is 0 Å². The molecule has 0 aromatic rings. The van der Waals surface area contributed by atoms with Gasteiger partial charge in [-0.1, -0.05) is 83.1 Å². The summed E-state index contributed by atoms with van der Waals surface area (Å²) in [6.45, 7) is -3.63. The Morgan fingerprint density at radius 3 is 1.04 bits per heavy atom. The highest BCUT2D eigenvalue weighted by Gasteiger charge is 2.90. The number of halogens is 26. The summed E-state index contributed by atoms with van der Waals surface area (Å²) in [5, 5.41) is -15.3. The molecule has 0 amide bonds. The summed E-state index contributed by atoms with van der Waals surface area (Å²) in [6, 6.07) is 0. The van der Waals surface area contributed by atoms with Gasteiger partial charge >= 0.3 is 90.3 Å². The van der Waals surface area contributed by atoms with E-state index in [-0.39, 0.29) is 55.4 Å². The van der Waals surface area contributed by atoms with Crippen LogP contribution in [0.25, 0.3) is 0 Å². The molecule has 0 spiro atoms. The van der Waals surface area contributed by atoms with Gasteiger partial charge in [0.25, 0.3) is 11.7 Å². The van der Waals surface area contributed by atoms with Gasteiger partial charge in [-0.3, -0.25) is 18.6 Å². The molecule has 0 saturated carbocycles. The largest absolute Gasteiger partial charge is 0.460 e. The van der Waals surface area contributed by atoms with E-state index < -0.39 is 202 Å². The first-order valence-electron chi connectivity index (χ1n) is 20.9. The average molecular weight is 1190 g/mol. The van der Waals surface area contributed by atoms with Crippen molar-refractivity contribution in [2.75, 3.05) is 0 Å². The topological polar surface area (TPSA) is 127 Å². The lowest BCUT2D eigenvalue weighted by molar-refractivity contribution is -0.493. The monoisotopic (exact) mass is 1190 g/mol. The quantitative estimate of drug-likeness (QED) is 0.0586. The molecule has 0 saturated heterocycles. The Labute approximate surface area is 406 Å². The highest BCUT2D eigenvalue weighted by atomic mass is 32.2. The number of hydrogen-bond acceptors (Lipinski definition) is 6. The normalized spacial score (nSPS) is 20.1. The molecule has 0 heterocycles. The second kappa shape index (κ2) is 19.6. The molecule has 0 aliphatic carbocycles. The molecule has 74 heavy (non-hydrogen) atoms. The maximum atomic E-state index is 17.9. The minimum absolute atomic E-state index is 0.0418. The minimum atomic E-state index is -8.42. The third-order valence-electron chi connectivity index (χ3n) is 15.0.